The highest BCUT2D eigenvalue weighted by Crippen LogP contribution is 2.32. The fourth-order valence-corrected chi connectivity index (χ4v) is 5.39. The van der Waals surface area contributed by atoms with Gasteiger partial charge in [0.1, 0.15) is 5.54 Å². The number of nitrogens with one attached hydrogen (secondary N) is 1. The van der Waals surface area contributed by atoms with Crippen LogP contribution in [-0.2, 0) is 4.79 Å². The van der Waals surface area contributed by atoms with Gasteiger partial charge in [0, 0.05) is 13.1 Å². The highest BCUT2D eigenvalue weighted by atomic mass is 32.2. The van der Waals surface area contributed by atoms with E-state index in [0.29, 0.717) is 5.16 Å². The van der Waals surface area contributed by atoms with Crippen LogP contribution < -0.4 is 10.2 Å². The van der Waals surface area contributed by atoms with Crippen LogP contribution in [0.1, 0.15) is 63.9 Å². The highest BCUT2D eigenvalue weighted by molar-refractivity contribution is 8.00. The Bertz CT molecular complexity index is 967. The molecule has 0 bridgehead atoms. The molecule has 1 aromatic heterocycles. The average Bonchev–Trinajstić information content (AvgIpc) is 3.24. The Labute approximate surface area is 194 Å². The molecular formula is C24H32N6OS. The van der Waals surface area contributed by atoms with E-state index in [0.717, 1.165) is 69.7 Å². The van der Waals surface area contributed by atoms with E-state index in [2.05, 4.69) is 62.2 Å². The fourth-order valence-electron chi connectivity index (χ4n) is 4.53. The van der Waals surface area contributed by atoms with Gasteiger partial charge in [-0.1, -0.05) is 48.7 Å². The molecule has 1 aliphatic heterocycles. The summed E-state index contributed by atoms with van der Waals surface area (Å²) in [5.41, 5.74) is 1.46. The van der Waals surface area contributed by atoms with E-state index in [1.807, 2.05) is 6.92 Å². The first-order chi connectivity index (χ1) is 15.5. The largest absolute Gasteiger partial charge is 0.341 e. The number of rotatable bonds is 6. The van der Waals surface area contributed by atoms with Crippen molar-refractivity contribution in [2.45, 2.75) is 81.2 Å². The Balaban J connectivity index is 1.57. The predicted molar refractivity (Wildman–Crippen MR) is 127 cm³/mol. The fraction of sp³-hybridized carbons (Fsp3) is 0.583. The lowest BCUT2D eigenvalue weighted by molar-refractivity contribution is -0.121. The zero-order chi connectivity index (χ0) is 22.6. The first-order valence-electron chi connectivity index (χ1n) is 11.7. The molecule has 0 radical (unpaired) electrons. The summed E-state index contributed by atoms with van der Waals surface area (Å²) in [6.45, 7) is 5.88. The van der Waals surface area contributed by atoms with Crippen molar-refractivity contribution in [3.63, 3.8) is 0 Å². The van der Waals surface area contributed by atoms with Gasteiger partial charge in [-0.15, -0.1) is 10.2 Å². The van der Waals surface area contributed by atoms with Gasteiger partial charge >= 0.3 is 0 Å². The molecule has 1 saturated heterocycles. The minimum atomic E-state index is -0.728. The molecule has 170 valence electrons. The molecule has 1 aromatic carbocycles. The van der Waals surface area contributed by atoms with Crippen LogP contribution in [0, 0.1) is 18.3 Å². The lowest BCUT2D eigenvalue weighted by atomic mass is 9.83. The number of nitrogens with zero attached hydrogens (tertiary/aromatic N) is 5. The first-order valence-corrected chi connectivity index (χ1v) is 12.6. The summed E-state index contributed by atoms with van der Waals surface area (Å²) in [7, 11) is 0. The number of benzene rings is 1. The van der Waals surface area contributed by atoms with Crippen LogP contribution in [0.3, 0.4) is 0 Å². The summed E-state index contributed by atoms with van der Waals surface area (Å²) >= 11 is 1.40. The number of carbonyl (C=O) groups excluding carboxylic acids is 1. The molecule has 1 unspecified atom stereocenters. The monoisotopic (exact) mass is 452 g/mol. The van der Waals surface area contributed by atoms with E-state index >= 15 is 0 Å². The van der Waals surface area contributed by atoms with Gasteiger partial charge in [-0.05, 0) is 58.1 Å². The van der Waals surface area contributed by atoms with Crippen LogP contribution >= 0.6 is 11.8 Å². The van der Waals surface area contributed by atoms with Gasteiger partial charge in [-0.25, -0.2) is 0 Å². The van der Waals surface area contributed by atoms with Gasteiger partial charge in [0.05, 0.1) is 17.0 Å². The number of hydrogen-bond acceptors (Lipinski definition) is 6. The predicted octanol–water partition coefficient (Wildman–Crippen LogP) is 4.39. The maximum atomic E-state index is 13.0. The zero-order valence-corrected chi connectivity index (χ0v) is 19.8. The molecular weight excluding hydrogens is 420 g/mol. The molecule has 8 heteroatoms. The van der Waals surface area contributed by atoms with Crippen molar-refractivity contribution < 1.29 is 4.79 Å². The summed E-state index contributed by atoms with van der Waals surface area (Å²) < 4.78 is 2.07. The number of thioether (sulfide) groups is 1. The number of anilines is 1. The number of hydrogen-bond donors (Lipinski definition) is 1. The third-order valence-electron chi connectivity index (χ3n) is 6.48. The van der Waals surface area contributed by atoms with Crippen molar-refractivity contribution in [3.8, 4) is 11.8 Å². The minimum Gasteiger partial charge on any atom is -0.341 e. The van der Waals surface area contributed by atoms with Crippen LogP contribution in [0.2, 0.25) is 0 Å². The molecule has 1 saturated carbocycles. The Morgan fingerprint density at radius 1 is 1.09 bits per heavy atom. The molecule has 32 heavy (non-hydrogen) atoms. The molecule has 1 N–H and O–H groups in total. The molecule has 4 rings (SSSR count). The summed E-state index contributed by atoms with van der Waals surface area (Å²) in [4.78, 5) is 15.3. The van der Waals surface area contributed by atoms with E-state index in [-0.39, 0.29) is 11.2 Å². The van der Waals surface area contributed by atoms with E-state index in [9.17, 15) is 10.1 Å². The maximum absolute atomic E-state index is 13.0. The van der Waals surface area contributed by atoms with Crippen LogP contribution in [0.5, 0.6) is 0 Å². The number of carbonyl (C=O) groups is 1. The standard InChI is InChI=1S/C24H32N6OS/c1-18-9-11-20(12-10-18)30-22(29-15-7-4-8-16-29)27-28-23(30)32-19(2)21(31)26-24(17-25)13-5-3-6-14-24/h9-12,19H,3-8,13-16H2,1-2H3,(H,26,31). The number of piperidine rings is 1. The molecule has 7 nitrogen and oxygen atoms in total. The van der Waals surface area contributed by atoms with Crippen LogP contribution in [0.15, 0.2) is 29.4 Å². The maximum Gasteiger partial charge on any atom is 0.234 e. The molecule has 2 aromatic rings. The summed E-state index contributed by atoms with van der Waals surface area (Å²) in [5.74, 6) is 0.723. The lowest BCUT2D eigenvalue weighted by Crippen LogP contribution is -2.51. The van der Waals surface area contributed by atoms with E-state index < -0.39 is 5.54 Å². The number of amides is 1. The van der Waals surface area contributed by atoms with Crippen molar-refractivity contribution in [1.29, 1.82) is 5.26 Å². The van der Waals surface area contributed by atoms with Crippen molar-refractivity contribution in [1.82, 2.24) is 20.1 Å². The summed E-state index contributed by atoms with van der Waals surface area (Å²) in [6.07, 6.45) is 8.09. The Morgan fingerprint density at radius 2 is 1.75 bits per heavy atom. The Kier molecular flexibility index (Phi) is 7.04. The molecule has 1 aliphatic carbocycles. The molecule has 1 atom stereocenters. The second-order valence-corrected chi connectivity index (χ2v) is 10.3. The van der Waals surface area contributed by atoms with E-state index in [4.69, 9.17) is 0 Å². The van der Waals surface area contributed by atoms with Gasteiger partial charge < -0.3 is 10.2 Å². The molecule has 2 fully saturated rings. The van der Waals surface area contributed by atoms with Gasteiger partial charge in [-0.2, -0.15) is 5.26 Å². The SMILES string of the molecule is Cc1ccc(-n2c(SC(C)C(=O)NC3(C#N)CCCCC3)nnc2N2CCCCC2)cc1. The van der Waals surface area contributed by atoms with Crippen molar-refractivity contribution >= 4 is 23.6 Å². The van der Waals surface area contributed by atoms with Gasteiger partial charge in [0.25, 0.3) is 0 Å². The third-order valence-corrected chi connectivity index (χ3v) is 7.53. The van der Waals surface area contributed by atoms with Crippen molar-refractivity contribution in [3.05, 3.63) is 29.8 Å². The molecule has 2 heterocycles. The quantitative estimate of drug-likeness (QED) is 0.654. The normalized spacial score (nSPS) is 19.2. The summed E-state index contributed by atoms with van der Waals surface area (Å²) in [6, 6.07) is 10.7. The van der Waals surface area contributed by atoms with Gasteiger partial charge in [0.15, 0.2) is 5.16 Å². The van der Waals surface area contributed by atoms with Gasteiger partial charge in [-0.3, -0.25) is 9.36 Å². The second-order valence-electron chi connectivity index (χ2n) is 9.01. The number of aromatic nitrogens is 3. The van der Waals surface area contributed by atoms with Crippen LogP contribution in [0.4, 0.5) is 5.95 Å². The van der Waals surface area contributed by atoms with Gasteiger partial charge in [0.2, 0.25) is 11.9 Å². The smallest absolute Gasteiger partial charge is 0.234 e. The van der Waals surface area contributed by atoms with Crippen molar-refractivity contribution in [2.24, 2.45) is 0 Å². The Morgan fingerprint density at radius 3 is 2.41 bits per heavy atom. The molecule has 2 aliphatic rings. The Hall–Kier alpha value is -2.53. The van der Waals surface area contributed by atoms with Crippen LogP contribution in [-0.4, -0.2) is 44.6 Å². The average molecular weight is 453 g/mol. The molecule has 0 spiro atoms. The third kappa shape index (κ3) is 4.93. The lowest BCUT2D eigenvalue weighted by Gasteiger charge is -2.32. The van der Waals surface area contributed by atoms with Crippen molar-refractivity contribution in [2.75, 3.05) is 18.0 Å². The zero-order valence-electron chi connectivity index (χ0n) is 19.0. The summed E-state index contributed by atoms with van der Waals surface area (Å²) in [5, 5.41) is 22.1. The number of aryl methyl sites for hydroxylation is 1. The topological polar surface area (TPSA) is 86.8 Å². The molecule has 1 amide bonds. The second kappa shape index (κ2) is 9.95. The first kappa shape index (κ1) is 22.7. The number of nitriles is 1. The van der Waals surface area contributed by atoms with E-state index in [1.165, 1.54) is 23.7 Å². The highest BCUT2D eigenvalue weighted by Gasteiger charge is 2.35. The van der Waals surface area contributed by atoms with E-state index in [1.54, 1.807) is 0 Å². The van der Waals surface area contributed by atoms with Crippen LogP contribution in [0.25, 0.3) is 5.69 Å². The minimum absolute atomic E-state index is 0.114.